The van der Waals surface area contributed by atoms with Crippen LogP contribution in [0, 0.1) is 5.41 Å². The van der Waals surface area contributed by atoms with E-state index in [2.05, 4.69) is 31.9 Å². The second-order valence-electron chi connectivity index (χ2n) is 4.00. The summed E-state index contributed by atoms with van der Waals surface area (Å²) in [6.07, 6.45) is 0.814. The molecule has 0 atom stereocenters. The van der Waals surface area contributed by atoms with Crippen molar-refractivity contribution in [2.45, 2.75) is 6.42 Å². The van der Waals surface area contributed by atoms with E-state index in [0.717, 1.165) is 26.7 Å². The number of hydrogen-bond acceptors (Lipinski definition) is 3. The predicted octanol–water partition coefficient (Wildman–Crippen LogP) is 2.83. The van der Waals surface area contributed by atoms with Crippen molar-refractivity contribution in [1.29, 1.82) is 5.41 Å². The number of halogens is 2. The number of ether oxygens (including phenoxy) is 1. The Labute approximate surface area is 124 Å². The Morgan fingerprint density at radius 3 is 2.33 bits per heavy atom. The highest BCUT2D eigenvalue weighted by Crippen LogP contribution is 2.35. The minimum absolute atomic E-state index is 0.449. The highest BCUT2D eigenvalue weighted by atomic mass is 79.9. The monoisotopic (exact) mass is 377 g/mol. The summed E-state index contributed by atoms with van der Waals surface area (Å²) in [4.78, 5) is 1.75. The molecule has 0 radical (unpaired) electrons. The summed E-state index contributed by atoms with van der Waals surface area (Å²) < 4.78 is 7.30. The lowest BCUT2D eigenvalue weighted by Gasteiger charge is -2.16. The molecule has 6 heteroatoms. The summed E-state index contributed by atoms with van der Waals surface area (Å²) in [5.41, 5.74) is 6.25. The van der Waals surface area contributed by atoms with Crippen molar-refractivity contribution in [3.05, 3.63) is 26.6 Å². The fraction of sp³-hybridized carbons (Fsp3) is 0.417. The van der Waals surface area contributed by atoms with Gasteiger partial charge in [0.05, 0.1) is 15.6 Å². The van der Waals surface area contributed by atoms with Crippen molar-refractivity contribution in [2.24, 2.45) is 5.73 Å². The number of benzene rings is 1. The van der Waals surface area contributed by atoms with E-state index in [0.29, 0.717) is 19.0 Å². The highest BCUT2D eigenvalue weighted by molar-refractivity contribution is 9.11. The van der Waals surface area contributed by atoms with Gasteiger partial charge in [0, 0.05) is 19.7 Å². The Balaban J connectivity index is 2.94. The Hall–Kier alpha value is -0.590. The van der Waals surface area contributed by atoms with Crippen LogP contribution in [-0.2, 0) is 0 Å². The maximum absolute atomic E-state index is 7.94. The molecule has 100 valence electrons. The molecule has 0 aliphatic carbocycles. The zero-order chi connectivity index (χ0) is 13.7. The largest absolute Gasteiger partial charge is 0.491 e. The third kappa shape index (κ3) is 3.96. The van der Waals surface area contributed by atoms with Crippen LogP contribution in [0.25, 0.3) is 0 Å². The zero-order valence-corrected chi connectivity index (χ0v) is 13.6. The third-order valence-electron chi connectivity index (χ3n) is 2.31. The summed E-state index contributed by atoms with van der Waals surface area (Å²) in [6, 6.07) is 3.76. The van der Waals surface area contributed by atoms with Crippen molar-refractivity contribution < 1.29 is 4.74 Å². The Bertz CT molecular complexity index is 412. The van der Waals surface area contributed by atoms with E-state index in [1.165, 1.54) is 0 Å². The minimum atomic E-state index is 0.449. The van der Waals surface area contributed by atoms with Gasteiger partial charge in [0.15, 0.2) is 0 Å². The van der Waals surface area contributed by atoms with E-state index < -0.39 is 0 Å². The topological polar surface area (TPSA) is 62.3 Å². The van der Waals surface area contributed by atoms with Crippen molar-refractivity contribution in [3.8, 4) is 5.75 Å². The van der Waals surface area contributed by atoms with Crippen LogP contribution in [-0.4, -0.2) is 38.0 Å². The maximum Gasteiger partial charge on any atom is 0.147 e. The van der Waals surface area contributed by atoms with E-state index in [1.807, 2.05) is 26.2 Å². The first-order valence-corrected chi connectivity index (χ1v) is 7.14. The van der Waals surface area contributed by atoms with Gasteiger partial charge in [0.1, 0.15) is 11.6 Å². The number of amidine groups is 1. The van der Waals surface area contributed by atoms with Crippen LogP contribution in [0.1, 0.15) is 12.0 Å². The van der Waals surface area contributed by atoms with Gasteiger partial charge in [-0.3, -0.25) is 5.41 Å². The molecule has 0 heterocycles. The quantitative estimate of drug-likeness (QED) is 0.470. The molecule has 1 rings (SSSR count). The van der Waals surface area contributed by atoms with E-state index >= 15 is 0 Å². The van der Waals surface area contributed by atoms with Crippen LogP contribution in [0.5, 0.6) is 5.75 Å². The van der Waals surface area contributed by atoms with Crippen LogP contribution < -0.4 is 10.5 Å². The molecule has 0 amide bonds. The first kappa shape index (κ1) is 15.5. The minimum Gasteiger partial charge on any atom is -0.491 e. The van der Waals surface area contributed by atoms with Gasteiger partial charge < -0.3 is 15.4 Å². The van der Waals surface area contributed by atoms with E-state index in [9.17, 15) is 0 Å². The van der Waals surface area contributed by atoms with Gasteiger partial charge in [-0.2, -0.15) is 0 Å². The van der Waals surface area contributed by atoms with Crippen molar-refractivity contribution in [3.63, 3.8) is 0 Å². The number of nitrogens with one attached hydrogen (secondary N) is 1. The van der Waals surface area contributed by atoms with Crippen LogP contribution >= 0.6 is 31.9 Å². The molecule has 0 aliphatic heterocycles. The lowest BCUT2D eigenvalue weighted by Crippen LogP contribution is -2.21. The van der Waals surface area contributed by atoms with Crippen LogP contribution in [0.2, 0.25) is 0 Å². The maximum atomic E-state index is 7.94. The molecule has 0 unspecified atom stereocenters. The van der Waals surface area contributed by atoms with Crippen molar-refractivity contribution >= 4 is 37.7 Å². The summed E-state index contributed by atoms with van der Waals surface area (Å²) in [7, 11) is 3.69. The summed E-state index contributed by atoms with van der Waals surface area (Å²) in [5, 5.41) is 7.94. The van der Waals surface area contributed by atoms with Gasteiger partial charge in [-0.15, -0.1) is 0 Å². The van der Waals surface area contributed by atoms with Gasteiger partial charge in [-0.05, 0) is 57.0 Å². The van der Waals surface area contributed by atoms with Gasteiger partial charge in [-0.25, -0.2) is 0 Å². The first-order valence-electron chi connectivity index (χ1n) is 5.55. The van der Waals surface area contributed by atoms with Gasteiger partial charge in [0.25, 0.3) is 0 Å². The Morgan fingerprint density at radius 2 is 1.89 bits per heavy atom. The molecule has 3 N–H and O–H groups in total. The van der Waals surface area contributed by atoms with E-state index in [4.69, 9.17) is 15.9 Å². The van der Waals surface area contributed by atoms with Crippen LogP contribution in [0.3, 0.4) is 0 Å². The van der Waals surface area contributed by atoms with Crippen LogP contribution in [0.4, 0.5) is 0 Å². The van der Waals surface area contributed by atoms with Gasteiger partial charge >= 0.3 is 0 Å². The van der Waals surface area contributed by atoms with Crippen molar-refractivity contribution in [2.75, 3.05) is 27.2 Å². The average molecular weight is 379 g/mol. The lowest BCUT2D eigenvalue weighted by molar-refractivity contribution is 0.309. The molecule has 18 heavy (non-hydrogen) atoms. The number of hydrogen-bond donors (Lipinski definition) is 2. The third-order valence-corrected chi connectivity index (χ3v) is 3.49. The zero-order valence-electron chi connectivity index (χ0n) is 10.5. The summed E-state index contributed by atoms with van der Waals surface area (Å²) in [5.74, 6) is 1.20. The molecular weight excluding hydrogens is 362 g/mol. The standard InChI is InChI=1S/C12H17Br2N3O/c1-17(2)12(16)8-6-9(13)11(10(14)7-8)18-5-3-4-15/h6-7,16H,3-5,15H2,1-2H3. The molecule has 0 saturated carbocycles. The molecule has 1 aromatic rings. The first-order chi connectivity index (χ1) is 8.47. The molecule has 4 nitrogen and oxygen atoms in total. The van der Waals surface area contributed by atoms with Gasteiger partial charge in [-0.1, -0.05) is 0 Å². The molecule has 0 fully saturated rings. The number of rotatable bonds is 5. The van der Waals surface area contributed by atoms with Crippen LogP contribution in [0.15, 0.2) is 21.1 Å². The Morgan fingerprint density at radius 1 is 1.33 bits per heavy atom. The average Bonchev–Trinajstić information content (AvgIpc) is 2.31. The SMILES string of the molecule is CN(C)C(=N)c1cc(Br)c(OCCCN)c(Br)c1. The molecule has 0 aliphatic rings. The number of nitrogens with two attached hydrogens (primary N) is 1. The molecule has 0 saturated heterocycles. The molecule has 0 spiro atoms. The van der Waals surface area contributed by atoms with E-state index in [-0.39, 0.29) is 0 Å². The highest BCUT2D eigenvalue weighted by Gasteiger charge is 2.12. The fourth-order valence-electron chi connectivity index (χ4n) is 1.35. The molecule has 0 aromatic heterocycles. The second kappa shape index (κ2) is 7.11. The normalized spacial score (nSPS) is 10.3. The molecule has 1 aromatic carbocycles. The van der Waals surface area contributed by atoms with E-state index in [1.54, 1.807) is 4.90 Å². The summed E-state index contributed by atoms with van der Waals surface area (Å²) in [6.45, 7) is 1.19. The fourth-order valence-corrected chi connectivity index (χ4v) is 2.77. The Kier molecular flexibility index (Phi) is 6.11. The second-order valence-corrected chi connectivity index (χ2v) is 5.71. The lowest BCUT2D eigenvalue weighted by atomic mass is 10.2. The van der Waals surface area contributed by atoms with Gasteiger partial charge in [0.2, 0.25) is 0 Å². The smallest absolute Gasteiger partial charge is 0.147 e. The molecular formula is C12H17Br2N3O. The molecule has 0 bridgehead atoms. The van der Waals surface area contributed by atoms with Crippen molar-refractivity contribution in [1.82, 2.24) is 4.90 Å². The summed E-state index contributed by atoms with van der Waals surface area (Å²) >= 11 is 6.93. The predicted molar refractivity (Wildman–Crippen MR) is 81.5 cm³/mol. The number of nitrogens with zero attached hydrogens (tertiary/aromatic N) is 1.